The fourth-order valence-corrected chi connectivity index (χ4v) is 2.59. The summed E-state index contributed by atoms with van der Waals surface area (Å²) in [4.78, 5) is 12.7. The molecule has 1 fully saturated rings. The summed E-state index contributed by atoms with van der Waals surface area (Å²) in [5.74, 6) is 0. The van der Waals surface area contributed by atoms with Crippen molar-refractivity contribution in [1.82, 2.24) is 4.90 Å². The summed E-state index contributed by atoms with van der Waals surface area (Å²) in [6, 6.07) is 4.92. The molecule has 1 saturated heterocycles. The van der Waals surface area contributed by atoms with Crippen LogP contribution in [0, 0.1) is 10.1 Å². The number of nitrogens with zero attached hydrogens (tertiary/aromatic N) is 2. The van der Waals surface area contributed by atoms with Gasteiger partial charge in [-0.25, -0.2) is 0 Å². The number of aliphatic hydroxyl groups excluding tert-OH is 1. The molecular formula is C14H21N3O4. The van der Waals surface area contributed by atoms with E-state index in [4.69, 9.17) is 15.6 Å². The molecule has 1 aliphatic rings. The third-order valence-corrected chi connectivity index (χ3v) is 3.74. The van der Waals surface area contributed by atoms with Crippen LogP contribution in [0.15, 0.2) is 18.2 Å². The Balaban J connectivity index is 1.92. The van der Waals surface area contributed by atoms with E-state index < -0.39 is 4.92 Å². The van der Waals surface area contributed by atoms with Crippen molar-refractivity contribution in [1.29, 1.82) is 0 Å². The molecule has 0 spiro atoms. The van der Waals surface area contributed by atoms with E-state index in [1.54, 1.807) is 6.07 Å². The van der Waals surface area contributed by atoms with E-state index in [9.17, 15) is 10.1 Å². The lowest BCUT2D eigenvalue weighted by Gasteiger charge is -2.32. The molecule has 3 N–H and O–H groups in total. The second-order valence-electron chi connectivity index (χ2n) is 5.18. The SMILES string of the molecule is Nc1c(CN2CCC(OCCO)CC2)cccc1[N+](=O)[O-]. The zero-order valence-corrected chi connectivity index (χ0v) is 11.9. The predicted octanol–water partition coefficient (Wildman–Crippen LogP) is 1.15. The fraction of sp³-hybridized carbons (Fsp3) is 0.571. The van der Waals surface area contributed by atoms with Gasteiger partial charge in [0.05, 0.1) is 24.2 Å². The van der Waals surface area contributed by atoms with Gasteiger partial charge in [-0.1, -0.05) is 12.1 Å². The first-order chi connectivity index (χ1) is 10.1. The molecule has 0 amide bonds. The minimum atomic E-state index is -0.451. The van der Waals surface area contributed by atoms with Crippen LogP contribution >= 0.6 is 0 Å². The van der Waals surface area contributed by atoms with Crippen LogP contribution in [0.3, 0.4) is 0 Å². The summed E-state index contributed by atoms with van der Waals surface area (Å²) in [6.07, 6.45) is 1.99. The Labute approximate surface area is 123 Å². The molecule has 1 aromatic rings. The van der Waals surface area contributed by atoms with Gasteiger partial charge in [0, 0.05) is 25.7 Å². The van der Waals surface area contributed by atoms with E-state index in [2.05, 4.69) is 4.90 Å². The third kappa shape index (κ3) is 4.13. The van der Waals surface area contributed by atoms with E-state index in [0.29, 0.717) is 13.2 Å². The average Bonchev–Trinajstić information content (AvgIpc) is 2.48. The second-order valence-corrected chi connectivity index (χ2v) is 5.18. The smallest absolute Gasteiger partial charge is 0.292 e. The molecule has 0 saturated carbocycles. The molecule has 116 valence electrons. The Bertz CT molecular complexity index is 487. The Morgan fingerprint density at radius 2 is 2.14 bits per heavy atom. The number of anilines is 1. The second kappa shape index (κ2) is 7.35. The van der Waals surface area contributed by atoms with Gasteiger partial charge in [0.15, 0.2) is 0 Å². The summed E-state index contributed by atoms with van der Waals surface area (Å²) in [5.41, 5.74) is 6.88. The number of nitro benzene ring substituents is 1. The van der Waals surface area contributed by atoms with E-state index in [1.165, 1.54) is 6.07 Å². The normalized spacial score (nSPS) is 17.0. The molecule has 1 aliphatic heterocycles. The average molecular weight is 295 g/mol. The number of para-hydroxylation sites is 1. The highest BCUT2D eigenvalue weighted by Crippen LogP contribution is 2.26. The first kappa shape index (κ1) is 15.7. The number of nitro groups is 1. The van der Waals surface area contributed by atoms with Gasteiger partial charge in [-0.15, -0.1) is 0 Å². The fourth-order valence-electron chi connectivity index (χ4n) is 2.59. The van der Waals surface area contributed by atoms with Crippen LogP contribution in [-0.4, -0.2) is 47.3 Å². The number of hydrogen-bond donors (Lipinski definition) is 2. The molecule has 1 aromatic carbocycles. The summed E-state index contributed by atoms with van der Waals surface area (Å²) >= 11 is 0. The lowest BCUT2D eigenvalue weighted by Crippen LogP contribution is -2.37. The van der Waals surface area contributed by atoms with Gasteiger partial charge in [-0.3, -0.25) is 15.0 Å². The largest absolute Gasteiger partial charge is 0.394 e. The van der Waals surface area contributed by atoms with Crippen LogP contribution in [0.25, 0.3) is 0 Å². The number of aliphatic hydroxyl groups is 1. The third-order valence-electron chi connectivity index (χ3n) is 3.74. The number of benzene rings is 1. The summed E-state index contributed by atoms with van der Waals surface area (Å²) in [7, 11) is 0. The van der Waals surface area contributed by atoms with E-state index >= 15 is 0 Å². The Morgan fingerprint density at radius 3 is 2.76 bits per heavy atom. The molecule has 0 aromatic heterocycles. The standard InChI is InChI=1S/C14H21N3O4/c15-14-11(2-1-3-13(14)17(19)20)10-16-6-4-12(5-7-16)21-9-8-18/h1-3,12,18H,4-10,15H2. The molecule has 0 aliphatic carbocycles. The van der Waals surface area contributed by atoms with Gasteiger partial charge < -0.3 is 15.6 Å². The van der Waals surface area contributed by atoms with Crippen LogP contribution in [-0.2, 0) is 11.3 Å². The molecule has 0 radical (unpaired) electrons. The van der Waals surface area contributed by atoms with Crippen LogP contribution in [0.1, 0.15) is 18.4 Å². The zero-order chi connectivity index (χ0) is 15.2. The summed E-state index contributed by atoms with van der Waals surface area (Å²) in [5, 5.41) is 19.6. The number of piperidine rings is 1. The first-order valence-corrected chi connectivity index (χ1v) is 7.08. The highest BCUT2D eigenvalue weighted by atomic mass is 16.6. The first-order valence-electron chi connectivity index (χ1n) is 7.08. The summed E-state index contributed by atoms with van der Waals surface area (Å²) in [6.45, 7) is 2.75. The molecule has 0 bridgehead atoms. The van der Waals surface area contributed by atoms with Gasteiger partial charge >= 0.3 is 0 Å². The van der Waals surface area contributed by atoms with Crippen molar-refractivity contribution in [2.45, 2.75) is 25.5 Å². The molecule has 0 unspecified atom stereocenters. The van der Waals surface area contributed by atoms with E-state index in [1.807, 2.05) is 6.07 Å². The molecule has 0 atom stereocenters. The number of hydrogen-bond acceptors (Lipinski definition) is 6. The Kier molecular flexibility index (Phi) is 5.49. The Morgan fingerprint density at radius 1 is 1.43 bits per heavy atom. The van der Waals surface area contributed by atoms with Crippen LogP contribution in [0.5, 0.6) is 0 Å². The predicted molar refractivity (Wildman–Crippen MR) is 78.8 cm³/mol. The van der Waals surface area contributed by atoms with Crippen molar-refractivity contribution in [2.75, 3.05) is 32.0 Å². The lowest BCUT2D eigenvalue weighted by atomic mass is 10.1. The monoisotopic (exact) mass is 295 g/mol. The number of likely N-dealkylation sites (tertiary alicyclic amines) is 1. The van der Waals surface area contributed by atoms with Crippen molar-refractivity contribution in [3.8, 4) is 0 Å². The summed E-state index contributed by atoms with van der Waals surface area (Å²) < 4.78 is 5.51. The quantitative estimate of drug-likeness (QED) is 0.464. The van der Waals surface area contributed by atoms with Crippen molar-refractivity contribution in [2.24, 2.45) is 0 Å². The Hall–Kier alpha value is -1.70. The molecular weight excluding hydrogens is 274 g/mol. The van der Waals surface area contributed by atoms with Crippen molar-refractivity contribution in [3.05, 3.63) is 33.9 Å². The highest BCUT2D eigenvalue weighted by Gasteiger charge is 2.21. The van der Waals surface area contributed by atoms with Crippen LogP contribution in [0.4, 0.5) is 11.4 Å². The lowest BCUT2D eigenvalue weighted by molar-refractivity contribution is -0.384. The maximum absolute atomic E-state index is 10.9. The number of rotatable bonds is 6. The van der Waals surface area contributed by atoms with Crippen molar-refractivity contribution < 1.29 is 14.8 Å². The highest BCUT2D eigenvalue weighted by molar-refractivity contribution is 5.62. The molecule has 7 nitrogen and oxygen atoms in total. The minimum Gasteiger partial charge on any atom is -0.394 e. The maximum atomic E-state index is 10.9. The number of ether oxygens (including phenoxy) is 1. The number of nitrogens with two attached hydrogens (primary N) is 1. The number of nitrogen functional groups attached to an aromatic ring is 1. The minimum absolute atomic E-state index is 0.0336. The van der Waals surface area contributed by atoms with Gasteiger partial charge in [-0.2, -0.15) is 0 Å². The maximum Gasteiger partial charge on any atom is 0.292 e. The van der Waals surface area contributed by atoms with Crippen LogP contribution < -0.4 is 5.73 Å². The van der Waals surface area contributed by atoms with Gasteiger partial charge in [0.25, 0.3) is 5.69 Å². The van der Waals surface area contributed by atoms with Crippen molar-refractivity contribution in [3.63, 3.8) is 0 Å². The van der Waals surface area contributed by atoms with Crippen molar-refractivity contribution >= 4 is 11.4 Å². The van der Waals surface area contributed by atoms with Gasteiger partial charge in [0.1, 0.15) is 5.69 Å². The van der Waals surface area contributed by atoms with Crippen LogP contribution in [0.2, 0.25) is 0 Å². The van der Waals surface area contributed by atoms with E-state index in [-0.39, 0.29) is 24.1 Å². The molecule has 7 heteroatoms. The zero-order valence-electron chi connectivity index (χ0n) is 11.9. The molecule has 2 rings (SSSR count). The molecule has 1 heterocycles. The van der Waals surface area contributed by atoms with Gasteiger partial charge in [0.2, 0.25) is 0 Å². The topological polar surface area (TPSA) is 102 Å². The van der Waals surface area contributed by atoms with Gasteiger partial charge in [-0.05, 0) is 18.4 Å². The van der Waals surface area contributed by atoms with E-state index in [0.717, 1.165) is 31.5 Å². The molecule has 21 heavy (non-hydrogen) atoms.